The van der Waals surface area contributed by atoms with Crippen LogP contribution in [0.3, 0.4) is 0 Å². The first-order chi connectivity index (χ1) is 15.4. The SMILES string of the molecule is CCc1nc2c(C)cc(C)nc2n1Cc1ccc(OCc2cccc(C(=O)O)c2Cl)cc1. The Hall–Kier alpha value is -3.38. The largest absolute Gasteiger partial charge is 0.489 e. The van der Waals surface area contributed by atoms with Gasteiger partial charge in [0, 0.05) is 17.7 Å². The number of aromatic nitrogens is 3. The van der Waals surface area contributed by atoms with E-state index in [2.05, 4.69) is 24.5 Å². The molecule has 32 heavy (non-hydrogen) atoms. The number of carboxylic acid groups (broad SMARTS) is 1. The number of fused-ring (bicyclic) bond motifs is 1. The Morgan fingerprint density at radius 3 is 2.56 bits per heavy atom. The van der Waals surface area contributed by atoms with Gasteiger partial charge in [0.1, 0.15) is 23.7 Å². The second-order valence-corrected chi connectivity index (χ2v) is 8.11. The molecule has 0 aliphatic carbocycles. The van der Waals surface area contributed by atoms with Crippen molar-refractivity contribution in [2.75, 3.05) is 0 Å². The van der Waals surface area contributed by atoms with Gasteiger partial charge in [-0.2, -0.15) is 0 Å². The highest BCUT2D eigenvalue weighted by Crippen LogP contribution is 2.24. The van der Waals surface area contributed by atoms with Crippen LogP contribution in [0.5, 0.6) is 5.75 Å². The second kappa shape index (κ2) is 9.01. The molecule has 0 aliphatic rings. The number of aromatic carboxylic acids is 1. The standard InChI is InChI=1S/C25H24ClN3O3/c1-4-21-28-23-15(2)12-16(3)27-24(23)29(21)13-17-8-10-19(11-9-17)32-14-18-6-5-7-20(22(18)26)25(30)31/h5-12H,4,13-14H2,1-3H3,(H,30,31). The molecular weight excluding hydrogens is 426 g/mol. The summed E-state index contributed by atoms with van der Waals surface area (Å²) in [6.45, 7) is 7.02. The number of carboxylic acids is 1. The highest BCUT2D eigenvalue weighted by Gasteiger charge is 2.14. The first-order valence-electron chi connectivity index (χ1n) is 10.4. The molecule has 0 amide bonds. The second-order valence-electron chi connectivity index (χ2n) is 7.74. The zero-order valence-corrected chi connectivity index (χ0v) is 19.0. The van der Waals surface area contributed by atoms with Gasteiger partial charge in [0.25, 0.3) is 0 Å². The van der Waals surface area contributed by atoms with E-state index >= 15 is 0 Å². The molecule has 1 N–H and O–H groups in total. The lowest BCUT2D eigenvalue weighted by atomic mass is 10.1. The van der Waals surface area contributed by atoms with Crippen molar-refractivity contribution in [3.05, 3.63) is 87.3 Å². The topological polar surface area (TPSA) is 77.2 Å². The summed E-state index contributed by atoms with van der Waals surface area (Å²) in [5.74, 6) is 0.635. The number of aryl methyl sites for hydroxylation is 3. The maximum Gasteiger partial charge on any atom is 0.337 e. The monoisotopic (exact) mass is 449 g/mol. The van der Waals surface area contributed by atoms with E-state index in [1.54, 1.807) is 12.1 Å². The Bertz CT molecular complexity index is 1300. The van der Waals surface area contributed by atoms with E-state index in [0.29, 0.717) is 17.9 Å². The van der Waals surface area contributed by atoms with Gasteiger partial charge in [0.05, 0.1) is 17.1 Å². The van der Waals surface area contributed by atoms with E-state index in [0.717, 1.165) is 40.2 Å². The van der Waals surface area contributed by atoms with Gasteiger partial charge in [-0.15, -0.1) is 0 Å². The van der Waals surface area contributed by atoms with Crippen molar-refractivity contribution in [1.82, 2.24) is 14.5 Å². The molecule has 2 heterocycles. The Morgan fingerprint density at radius 1 is 1.12 bits per heavy atom. The Morgan fingerprint density at radius 2 is 1.88 bits per heavy atom. The Labute approximate surface area is 191 Å². The molecule has 2 aromatic heterocycles. The lowest BCUT2D eigenvalue weighted by Gasteiger charge is -2.11. The molecule has 4 rings (SSSR count). The lowest BCUT2D eigenvalue weighted by molar-refractivity contribution is 0.0697. The molecule has 7 heteroatoms. The number of rotatable bonds is 7. The van der Waals surface area contributed by atoms with E-state index in [1.807, 2.05) is 31.2 Å². The predicted octanol–water partition coefficient (Wildman–Crippen LogP) is 5.59. The van der Waals surface area contributed by atoms with Crippen LogP contribution in [0.25, 0.3) is 11.2 Å². The summed E-state index contributed by atoms with van der Waals surface area (Å²) in [7, 11) is 0. The third-order valence-corrected chi connectivity index (χ3v) is 5.83. The van der Waals surface area contributed by atoms with Crippen LogP contribution in [-0.4, -0.2) is 25.6 Å². The van der Waals surface area contributed by atoms with Gasteiger partial charge in [-0.05, 0) is 49.2 Å². The number of hydrogen-bond acceptors (Lipinski definition) is 4. The summed E-state index contributed by atoms with van der Waals surface area (Å²) in [5, 5.41) is 9.41. The van der Waals surface area contributed by atoms with E-state index in [-0.39, 0.29) is 17.2 Å². The number of pyridine rings is 1. The van der Waals surface area contributed by atoms with Gasteiger partial charge in [-0.1, -0.05) is 42.8 Å². The van der Waals surface area contributed by atoms with Crippen molar-refractivity contribution < 1.29 is 14.6 Å². The molecule has 4 aromatic rings. The molecule has 0 radical (unpaired) electrons. The number of hydrogen-bond donors (Lipinski definition) is 1. The van der Waals surface area contributed by atoms with Gasteiger partial charge < -0.3 is 14.4 Å². The number of carbonyl (C=O) groups is 1. The smallest absolute Gasteiger partial charge is 0.337 e. The van der Waals surface area contributed by atoms with Gasteiger partial charge in [0.15, 0.2) is 5.65 Å². The molecule has 6 nitrogen and oxygen atoms in total. The highest BCUT2D eigenvalue weighted by molar-refractivity contribution is 6.34. The molecule has 0 unspecified atom stereocenters. The fourth-order valence-electron chi connectivity index (χ4n) is 3.78. The fourth-order valence-corrected chi connectivity index (χ4v) is 4.04. The van der Waals surface area contributed by atoms with Gasteiger partial charge in [0.2, 0.25) is 0 Å². The van der Waals surface area contributed by atoms with Crippen molar-refractivity contribution in [2.24, 2.45) is 0 Å². The van der Waals surface area contributed by atoms with Crippen molar-refractivity contribution >= 4 is 28.7 Å². The van der Waals surface area contributed by atoms with E-state index < -0.39 is 5.97 Å². The minimum absolute atomic E-state index is 0.0708. The zero-order chi connectivity index (χ0) is 22.8. The summed E-state index contributed by atoms with van der Waals surface area (Å²) in [6.07, 6.45) is 0.826. The first kappa shape index (κ1) is 21.8. The molecule has 0 spiro atoms. The van der Waals surface area contributed by atoms with E-state index in [1.165, 1.54) is 6.07 Å². The molecule has 2 aromatic carbocycles. The molecule has 0 bridgehead atoms. The third-order valence-electron chi connectivity index (χ3n) is 5.38. The van der Waals surface area contributed by atoms with Crippen LogP contribution in [0.4, 0.5) is 0 Å². The summed E-state index contributed by atoms with van der Waals surface area (Å²) in [4.78, 5) is 20.8. The molecule has 0 aliphatic heterocycles. The van der Waals surface area contributed by atoms with Crippen LogP contribution in [0.15, 0.2) is 48.5 Å². The number of benzene rings is 2. The van der Waals surface area contributed by atoms with Gasteiger partial charge >= 0.3 is 5.97 Å². The Balaban J connectivity index is 1.52. The molecule has 164 valence electrons. The number of imidazole rings is 1. The third kappa shape index (κ3) is 4.32. The lowest BCUT2D eigenvalue weighted by Crippen LogP contribution is -2.06. The van der Waals surface area contributed by atoms with Crippen LogP contribution in [0.2, 0.25) is 5.02 Å². The van der Waals surface area contributed by atoms with Crippen molar-refractivity contribution in [3.8, 4) is 5.75 Å². The molecular formula is C25H24ClN3O3. The summed E-state index contributed by atoms with van der Waals surface area (Å²) >= 11 is 6.20. The maximum atomic E-state index is 11.2. The van der Waals surface area contributed by atoms with Crippen LogP contribution >= 0.6 is 11.6 Å². The quantitative estimate of drug-likeness (QED) is 0.398. The van der Waals surface area contributed by atoms with Crippen LogP contribution < -0.4 is 4.74 Å². The average molecular weight is 450 g/mol. The normalized spacial score (nSPS) is 11.1. The minimum Gasteiger partial charge on any atom is -0.489 e. The fraction of sp³-hybridized carbons (Fsp3) is 0.240. The predicted molar refractivity (Wildman–Crippen MR) is 125 cm³/mol. The summed E-state index contributed by atoms with van der Waals surface area (Å²) in [6, 6.07) is 14.8. The van der Waals surface area contributed by atoms with E-state index in [9.17, 15) is 9.90 Å². The van der Waals surface area contributed by atoms with Gasteiger partial charge in [-0.25, -0.2) is 14.8 Å². The highest BCUT2D eigenvalue weighted by atomic mass is 35.5. The summed E-state index contributed by atoms with van der Waals surface area (Å²) < 4.78 is 8.00. The summed E-state index contributed by atoms with van der Waals surface area (Å²) in [5.41, 5.74) is 5.79. The first-order valence-corrected chi connectivity index (χ1v) is 10.8. The van der Waals surface area contributed by atoms with Crippen LogP contribution in [0.1, 0.15) is 45.5 Å². The van der Waals surface area contributed by atoms with E-state index in [4.69, 9.17) is 26.3 Å². The minimum atomic E-state index is -1.06. The van der Waals surface area contributed by atoms with Crippen LogP contribution in [0, 0.1) is 13.8 Å². The maximum absolute atomic E-state index is 11.2. The molecule has 0 saturated carbocycles. The van der Waals surface area contributed by atoms with Crippen molar-refractivity contribution in [3.63, 3.8) is 0 Å². The molecule has 0 fully saturated rings. The zero-order valence-electron chi connectivity index (χ0n) is 18.2. The average Bonchev–Trinajstić information content (AvgIpc) is 3.11. The van der Waals surface area contributed by atoms with Gasteiger partial charge in [-0.3, -0.25) is 0 Å². The number of halogens is 1. The number of ether oxygens (including phenoxy) is 1. The van der Waals surface area contributed by atoms with Crippen molar-refractivity contribution in [2.45, 2.75) is 40.3 Å². The van der Waals surface area contributed by atoms with Crippen molar-refractivity contribution in [1.29, 1.82) is 0 Å². The molecule has 0 saturated heterocycles. The Kier molecular flexibility index (Phi) is 6.15. The van der Waals surface area contributed by atoms with Crippen LogP contribution in [-0.2, 0) is 19.6 Å². The molecule has 0 atom stereocenters. The number of nitrogens with zero attached hydrogens (tertiary/aromatic N) is 3.